The van der Waals surface area contributed by atoms with E-state index in [0.717, 1.165) is 29.6 Å². The number of nitrogens with zero attached hydrogens (tertiary/aromatic N) is 1. The molecule has 4 heteroatoms. The number of fused-ring (bicyclic) bond motifs is 1. The number of benzene rings is 1. The highest BCUT2D eigenvalue weighted by atomic mass is 16.3. The molecule has 116 valence electrons. The van der Waals surface area contributed by atoms with Gasteiger partial charge < -0.3 is 9.73 Å². The number of hydrogen-bond donors (Lipinski definition) is 1. The fourth-order valence-corrected chi connectivity index (χ4v) is 2.94. The zero-order valence-electron chi connectivity index (χ0n) is 13.0. The molecular weight excluding hydrogens is 276 g/mol. The lowest BCUT2D eigenvalue weighted by atomic mass is 9.97. The lowest BCUT2D eigenvalue weighted by molar-refractivity contribution is -0.120. The summed E-state index contributed by atoms with van der Waals surface area (Å²) in [7, 11) is 0. The normalized spacial score (nSPS) is 14.9. The third-order valence-electron chi connectivity index (χ3n) is 4.08. The third kappa shape index (κ3) is 3.75. The number of rotatable bonds is 5. The summed E-state index contributed by atoms with van der Waals surface area (Å²) in [6.45, 7) is 2.56. The summed E-state index contributed by atoms with van der Waals surface area (Å²) in [6, 6.07) is 5.74. The van der Waals surface area contributed by atoms with Gasteiger partial charge >= 0.3 is 0 Å². The molecule has 0 saturated heterocycles. The largest absolute Gasteiger partial charge is 0.441 e. The minimum Gasteiger partial charge on any atom is -0.441 e. The fraction of sp³-hybridized carbons (Fsp3) is 0.444. The van der Waals surface area contributed by atoms with Crippen molar-refractivity contribution >= 4 is 17.0 Å². The predicted molar refractivity (Wildman–Crippen MR) is 86.6 cm³/mol. The van der Waals surface area contributed by atoms with Crippen LogP contribution in [0.3, 0.4) is 0 Å². The molecule has 1 aromatic carbocycles. The zero-order chi connectivity index (χ0) is 15.4. The molecule has 3 rings (SSSR count). The minimum absolute atomic E-state index is 0.0620. The number of amides is 1. The van der Waals surface area contributed by atoms with Crippen molar-refractivity contribution in [1.82, 2.24) is 10.3 Å². The molecule has 0 fully saturated rings. The molecule has 0 aliphatic heterocycles. The first-order valence-electron chi connectivity index (χ1n) is 8.01. The van der Waals surface area contributed by atoms with E-state index >= 15 is 0 Å². The Bertz CT molecular complexity index is 700. The van der Waals surface area contributed by atoms with E-state index in [-0.39, 0.29) is 5.91 Å². The molecule has 0 unspecified atom stereocenters. The third-order valence-corrected chi connectivity index (χ3v) is 4.08. The maximum absolute atomic E-state index is 12.0. The molecule has 0 radical (unpaired) electrons. The summed E-state index contributed by atoms with van der Waals surface area (Å²) in [6.07, 6.45) is 8.67. The molecule has 1 N–H and O–H groups in total. The Kier molecular flexibility index (Phi) is 4.56. The lowest BCUT2D eigenvalue weighted by Gasteiger charge is -2.12. The number of allylic oxidation sites excluding steroid dienone is 1. The summed E-state index contributed by atoms with van der Waals surface area (Å²) >= 11 is 0. The minimum atomic E-state index is 0.0620. The smallest absolute Gasteiger partial charge is 0.224 e. The molecule has 1 aliphatic carbocycles. The molecule has 4 nitrogen and oxygen atoms in total. The average Bonchev–Trinajstić information content (AvgIpc) is 2.87. The van der Waals surface area contributed by atoms with Gasteiger partial charge in [0, 0.05) is 13.5 Å². The van der Waals surface area contributed by atoms with Crippen LogP contribution in [0.4, 0.5) is 0 Å². The van der Waals surface area contributed by atoms with Gasteiger partial charge in [0.05, 0.1) is 6.42 Å². The summed E-state index contributed by atoms with van der Waals surface area (Å²) in [4.78, 5) is 16.3. The van der Waals surface area contributed by atoms with E-state index in [4.69, 9.17) is 4.42 Å². The van der Waals surface area contributed by atoms with Gasteiger partial charge in [-0.1, -0.05) is 17.7 Å². The van der Waals surface area contributed by atoms with Crippen molar-refractivity contribution in [3.63, 3.8) is 0 Å². The Labute approximate surface area is 130 Å². The highest BCUT2D eigenvalue weighted by Gasteiger charge is 2.08. The van der Waals surface area contributed by atoms with Gasteiger partial charge in [-0.25, -0.2) is 4.98 Å². The van der Waals surface area contributed by atoms with Crippen LogP contribution in [0.1, 0.15) is 43.6 Å². The first-order chi connectivity index (χ1) is 10.7. The molecule has 1 aromatic heterocycles. The molecule has 22 heavy (non-hydrogen) atoms. The Morgan fingerprint density at radius 2 is 2.27 bits per heavy atom. The topological polar surface area (TPSA) is 55.1 Å². The van der Waals surface area contributed by atoms with E-state index in [9.17, 15) is 4.79 Å². The van der Waals surface area contributed by atoms with E-state index in [2.05, 4.69) is 16.4 Å². The Morgan fingerprint density at radius 3 is 3.09 bits per heavy atom. The van der Waals surface area contributed by atoms with Gasteiger partial charge in [0.25, 0.3) is 0 Å². The number of aryl methyl sites for hydroxylation is 1. The number of oxazole rings is 1. The molecule has 2 aromatic rings. The van der Waals surface area contributed by atoms with Crippen LogP contribution >= 0.6 is 0 Å². The van der Waals surface area contributed by atoms with E-state index in [1.165, 1.54) is 31.3 Å². The second-order valence-corrected chi connectivity index (χ2v) is 5.92. The first kappa shape index (κ1) is 14.8. The molecule has 0 spiro atoms. The summed E-state index contributed by atoms with van der Waals surface area (Å²) in [5, 5.41) is 3.01. The van der Waals surface area contributed by atoms with Crippen molar-refractivity contribution in [1.29, 1.82) is 0 Å². The quantitative estimate of drug-likeness (QED) is 0.857. The van der Waals surface area contributed by atoms with Crippen LogP contribution in [0.5, 0.6) is 0 Å². The summed E-state index contributed by atoms with van der Waals surface area (Å²) in [5.74, 6) is 0.712. The molecule has 0 atom stereocenters. The molecular formula is C18H22N2O2. The average molecular weight is 298 g/mol. The van der Waals surface area contributed by atoms with Gasteiger partial charge in [-0.15, -0.1) is 0 Å². The molecule has 1 amide bonds. The van der Waals surface area contributed by atoms with Crippen LogP contribution in [-0.4, -0.2) is 17.4 Å². The molecule has 0 bridgehead atoms. The van der Waals surface area contributed by atoms with E-state index < -0.39 is 0 Å². The van der Waals surface area contributed by atoms with E-state index in [0.29, 0.717) is 12.3 Å². The van der Waals surface area contributed by atoms with E-state index in [1.807, 2.05) is 25.1 Å². The predicted octanol–water partition coefficient (Wildman–Crippen LogP) is 3.69. The highest BCUT2D eigenvalue weighted by Crippen LogP contribution is 2.19. The van der Waals surface area contributed by atoms with Crippen LogP contribution in [0.25, 0.3) is 11.1 Å². The van der Waals surface area contributed by atoms with Gasteiger partial charge in [0.2, 0.25) is 5.91 Å². The maximum Gasteiger partial charge on any atom is 0.224 e. The molecule has 1 heterocycles. The SMILES string of the molecule is Cc1nc2ccc(CC(=O)NCCC3=CCCCC3)cc2o1. The molecule has 0 saturated carbocycles. The van der Waals surface area contributed by atoms with Crippen molar-refractivity contribution < 1.29 is 9.21 Å². The second-order valence-electron chi connectivity index (χ2n) is 5.92. The Morgan fingerprint density at radius 1 is 1.36 bits per heavy atom. The monoisotopic (exact) mass is 298 g/mol. The number of aromatic nitrogens is 1. The van der Waals surface area contributed by atoms with E-state index in [1.54, 1.807) is 0 Å². The standard InChI is InChI=1S/C18H22N2O2/c1-13-20-16-8-7-15(11-17(16)22-13)12-18(21)19-10-9-14-5-3-2-4-6-14/h5,7-8,11H,2-4,6,9-10,12H2,1H3,(H,19,21). The van der Waals surface area contributed by atoms with Crippen LogP contribution < -0.4 is 5.32 Å². The molecule has 1 aliphatic rings. The van der Waals surface area contributed by atoms with Crippen LogP contribution in [0.2, 0.25) is 0 Å². The van der Waals surface area contributed by atoms with Gasteiger partial charge in [-0.2, -0.15) is 0 Å². The van der Waals surface area contributed by atoms with Crippen LogP contribution in [0, 0.1) is 6.92 Å². The number of carbonyl (C=O) groups excluding carboxylic acids is 1. The van der Waals surface area contributed by atoms with Crippen molar-refractivity contribution in [3.05, 3.63) is 41.3 Å². The van der Waals surface area contributed by atoms with Gasteiger partial charge in [-0.3, -0.25) is 4.79 Å². The number of nitrogens with one attached hydrogen (secondary N) is 1. The number of carbonyl (C=O) groups is 1. The van der Waals surface area contributed by atoms with Gasteiger partial charge in [0.1, 0.15) is 5.52 Å². The Hall–Kier alpha value is -2.10. The van der Waals surface area contributed by atoms with Gasteiger partial charge in [0.15, 0.2) is 11.5 Å². The second kappa shape index (κ2) is 6.77. The van der Waals surface area contributed by atoms with Gasteiger partial charge in [-0.05, 0) is 49.8 Å². The Balaban J connectivity index is 1.50. The fourth-order valence-electron chi connectivity index (χ4n) is 2.94. The van der Waals surface area contributed by atoms with Crippen molar-refractivity contribution in [3.8, 4) is 0 Å². The summed E-state index contributed by atoms with van der Waals surface area (Å²) < 4.78 is 5.50. The zero-order valence-corrected chi connectivity index (χ0v) is 13.0. The van der Waals surface area contributed by atoms with Crippen molar-refractivity contribution in [2.45, 2.75) is 45.4 Å². The van der Waals surface area contributed by atoms with Crippen LogP contribution in [-0.2, 0) is 11.2 Å². The van der Waals surface area contributed by atoms with Crippen molar-refractivity contribution in [2.75, 3.05) is 6.54 Å². The van der Waals surface area contributed by atoms with Crippen molar-refractivity contribution in [2.24, 2.45) is 0 Å². The number of hydrogen-bond acceptors (Lipinski definition) is 3. The highest BCUT2D eigenvalue weighted by molar-refractivity contribution is 5.81. The summed E-state index contributed by atoms with van der Waals surface area (Å²) in [5.41, 5.74) is 4.03. The maximum atomic E-state index is 12.0. The lowest BCUT2D eigenvalue weighted by Crippen LogP contribution is -2.26. The van der Waals surface area contributed by atoms with Crippen LogP contribution in [0.15, 0.2) is 34.3 Å². The first-order valence-corrected chi connectivity index (χ1v) is 8.01.